The summed E-state index contributed by atoms with van der Waals surface area (Å²) in [6, 6.07) is 10.9. The molecular weight excluding hydrogens is 318 g/mol. The number of hydrogen-bond acceptors (Lipinski definition) is 6. The van der Waals surface area contributed by atoms with Crippen LogP contribution in [0.15, 0.2) is 36.7 Å². The number of aromatic nitrogens is 2. The molecule has 0 radical (unpaired) electrons. The van der Waals surface area contributed by atoms with Crippen LogP contribution in [0.25, 0.3) is 20.7 Å². The van der Waals surface area contributed by atoms with E-state index in [-0.39, 0.29) is 0 Å². The van der Waals surface area contributed by atoms with E-state index in [1.165, 1.54) is 22.3 Å². The van der Waals surface area contributed by atoms with Crippen LogP contribution in [-0.2, 0) is 6.54 Å². The molecule has 0 unspecified atom stereocenters. The molecule has 0 atom stereocenters. The van der Waals surface area contributed by atoms with Gasteiger partial charge in [-0.1, -0.05) is 18.2 Å². The summed E-state index contributed by atoms with van der Waals surface area (Å²) in [6.07, 6.45) is 1.53. The Morgan fingerprint density at radius 2 is 1.96 bits per heavy atom. The molecule has 0 amide bonds. The van der Waals surface area contributed by atoms with Crippen molar-refractivity contribution in [2.75, 3.05) is 39.0 Å². The van der Waals surface area contributed by atoms with Gasteiger partial charge in [-0.15, -0.1) is 11.3 Å². The first-order valence-corrected chi connectivity index (χ1v) is 9.01. The minimum absolute atomic E-state index is 0.560. The van der Waals surface area contributed by atoms with Crippen molar-refractivity contribution in [3.63, 3.8) is 0 Å². The molecule has 24 heavy (non-hydrogen) atoms. The van der Waals surface area contributed by atoms with Gasteiger partial charge in [-0.2, -0.15) is 0 Å². The number of thiophene rings is 1. The van der Waals surface area contributed by atoms with Crippen molar-refractivity contribution in [3.05, 3.63) is 42.2 Å². The molecule has 2 N–H and O–H groups in total. The van der Waals surface area contributed by atoms with Crippen LogP contribution in [0, 0.1) is 0 Å². The molecule has 1 aliphatic rings. The van der Waals surface area contributed by atoms with Crippen LogP contribution in [0.3, 0.4) is 0 Å². The Kier molecular flexibility index (Phi) is 4.18. The summed E-state index contributed by atoms with van der Waals surface area (Å²) in [5.41, 5.74) is 9.47. The lowest BCUT2D eigenvalue weighted by Crippen LogP contribution is -2.43. The molecule has 0 bridgehead atoms. The Balaban J connectivity index is 1.58. The van der Waals surface area contributed by atoms with Crippen molar-refractivity contribution >= 4 is 27.4 Å². The Hall–Kier alpha value is -2.02. The van der Waals surface area contributed by atoms with Crippen LogP contribution in [0.5, 0.6) is 0 Å². The molecule has 5 nitrogen and oxygen atoms in total. The monoisotopic (exact) mass is 339 g/mol. The van der Waals surface area contributed by atoms with Crippen molar-refractivity contribution in [1.29, 1.82) is 0 Å². The van der Waals surface area contributed by atoms with E-state index >= 15 is 0 Å². The van der Waals surface area contributed by atoms with Gasteiger partial charge in [0.1, 0.15) is 12.1 Å². The molecule has 6 heteroatoms. The van der Waals surface area contributed by atoms with Gasteiger partial charge in [-0.25, -0.2) is 9.97 Å². The third-order valence-electron chi connectivity index (χ3n) is 4.55. The Morgan fingerprint density at radius 1 is 1.12 bits per heavy atom. The predicted octanol–water partition coefficient (Wildman–Crippen LogP) is 2.69. The number of nitrogens with zero attached hydrogens (tertiary/aromatic N) is 4. The van der Waals surface area contributed by atoms with E-state index in [0.717, 1.165) is 42.9 Å². The highest BCUT2D eigenvalue weighted by molar-refractivity contribution is 7.22. The van der Waals surface area contributed by atoms with Crippen LogP contribution in [0.4, 0.5) is 5.82 Å². The summed E-state index contributed by atoms with van der Waals surface area (Å²) >= 11 is 1.66. The minimum Gasteiger partial charge on any atom is -0.382 e. The number of nitrogens with two attached hydrogens (primary N) is 1. The highest BCUT2D eigenvalue weighted by Crippen LogP contribution is 2.34. The maximum atomic E-state index is 5.96. The van der Waals surface area contributed by atoms with Crippen molar-refractivity contribution in [2.45, 2.75) is 6.54 Å². The first kappa shape index (κ1) is 15.5. The average Bonchev–Trinajstić information content (AvgIpc) is 3.03. The van der Waals surface area contributed by atoms with E-state index in [2.05, 4.69) is 57.1 Å². The number of likely N-dealkylation sites (N-methyl/N-ethyl adjacent to an activating group) is 1. The molecule has 0 aliphatic carbocycles. The predicted molar refractivity (Wildman–Crippen MR) is 100 cm³/mol. The third-order valence-corrected chi connectivity index (χ3v) is 5.75. The van der Waals surface area contributed by atoms with Gasteiger partial charge in [0.05, 0.1) is 10.2 Å². The second kappa shape index (κ2) is 6.47. The number of piperazine rings is 1. The van der Waals surface area contributed by atoms with Crippen LogP contribution >= 0.6 is 11.3 Å². The maximum Gasteiger partial charge on any atom is 0.144 e. The number of nitrogen functional groups attached to an aromatic ring is 1. The van der Waals surface area contributed by atoms with Gasteiger partial charge >= 0.3 is 0 Å². The number of fused-ring (bicyclic) bond motifs is 1. The maximum absolute atomic E-state index is 5.96. The van der Waals surface area contributed by atoms with Crippen molar-refractivity contribution in [1.82, 2.24) is 19.8 Å². The summed E-state index contributed by atoms with van der Waals surface area (Å²) in [6.45, 7) is 5.57. The topological polar surface area (TPSA) is 58.3 Å². The van der Waals surface area contributed by atoms with Crippen molar-refractivity contribution < 1.29 is 0 Å². The normalized spacial score (nSPS) is 16.7. The number of rotatable bonds is 3. The van der Waals surface area contributed by atoms with E-state index in [4.69, 9.17) is 5.73 Å². The molecule has 124 valence electrons. The highest BCUT2D eigenvalue weighted by atomic mass is 32.1. The summed E-state index contributed by atoms with van der Waals surface area (Å²) < 4.78 is 0.969. The Morgan fingerprint density at radius 3 is 2.75 bits per heavy atom. The minimum atomic E-state index is 0.560. The molecule has 4 rings (SSSR count). The van der Waals surface area contributed by atoms with E-state index in [1.54, 1.807) is 11.3 Å². The molecule has 2 aromatic heterocycles. The van der Waals surface area contributed by atoms with Gasteiger partial charge < -0.3 is 10.6 Å². The van der Waals surface area contributed by atoms with Gasteiger partial charge in [-0.3, -0.25) is 4.90 Å². The molecule has 0 spiro atoms. The zero-order valence-corrected chi connectivity index (χ0v) is 14.6. The lowest BCUT2D eigenvalue weighted by Gasteiger charge is -2.32. The number of anilines is 1. The molecular formula is C18H21N5S. The SMILES string of the molecule is CN1CCN(Cc2cccc(-c3cc4ncnc(N)c4s3)c2)CC1. The lowest BCUT2D eigenvalue weighted by molar-refractivity contribution is 0.148. The van der Waals surface area contributed by atoms with Crippen LogP contribution in [0.1, 0.15) is 5.56 Å². The fourth-order valence-corrected chi connectivity index (χ4v) is 4.11. The number of hydrogen-bond donors (Lipinski definition) is 1. The van der Waals surface area contributed by atoms with Gasteiger partial charge in [0, 0.05) is 37.6 Å². The van der Waals surface area contributed by atoms with Gasteiger partial charge in [0.2, 0.25) is 0 Å². The zero-order chi connectivity index (χ0) is 16.5. The fraction of sp³-hybridized carbons (Fsp3) is 0.333. The average molecular weight is 339 g/mol. The highest BCUT2D eigenvalue weighted by Gasteiger charge is 2.14. The first-order valence-electron chi connectivity index (χ1n) is 8.19. The Labute approximate surface area is 145 Å². The first-order chi connectivity index (χ1) is 11.7. The van der Waals surface area contributed by atoms with Gasteiger partial charge in [0.15, 0.2) is 0 Å². The smallest absolute Gasteiger partial charge is 0.144 e. The summed E-state index contributed by atoms with van der Waals surface area (Å²) in [7, 11) is 2.19. The van der Waals surface area contributed by atoms with Gasteiger partial charge in [-0.05, 0) is 30.3 Å². The van der Waals surface area contributed by atoms with Crippen molar-refractivity contribution in [2.24, 2.45) is 0 Å². The largest absolute Gasteiger partial charge is 0.382 e. The molecule has 1 fully saturated rings. The zero-order valence-electron chi connectivity index (χ0n) is 13.8. The summed E-state index contributed by atoms with van der Waals surface area (Å²) in [4.78, 5) is 14.5. The molecule has 1 saturated heterocycles. The van der Waals surface area contributed by atoms with E-state index < -0.39 is 0 Å². The third kappa shape index (κ3) is 3.13. The fourth-order valence-electron chi connectivity index (χ4n) is 3.10. The molecule has 1 aromatic carbocycles. The summed E-state index contributed by atoms with van der Waals surface area (Å²) in [5, 5.41) is 0. The van der Waals surface area contributed by atoms with Crippen molar-refractivity contribution in [3.8, 4) is 10.4 Å². The Bertz CT molecular complexity index is 851. The van der Waals surface area contributed by atoms with E-state index in [9.17, 15) is 0 Å². The van der Waals surface area contributed by atoms with E-state index in [1.807, 2.05) is 0 Å². The quantitative estimate of drug-likeness (QED) is 0.795. The van der Waals surface area contributed by atoms with Gasteiger partial charge in [0.25, 0.3) is 0 Å². The molecule has 3 heterocycles. The number of benzene rings is 1. The second-order valence-electron chi connectivity index (χ2n) is 6.36. The standard InChI is InChI=1S/C18H21N5S/c1-22-5-7-23(8-6-22)11-13-3-2-4-14(9-13)16-10-15-17(24-16)18(19)21-12-20-15/h2-4,9-10,12H,5-8,11H2,1H3,(H2,19,20,21). The van der Waals surface area contributed by atoms with Crippen LogP contribution in [0.2, 0.25) is 0 Å². The molecule has 1 aliphatic heterocycles. The lowest BCUT2D eigenvalue weighted by atomic mass is 10.1. The van der Waals surface area contributed by atoms with E-state index in [0.29, 0.717) is 5.82 Å². The molecule has 0 saturated carbocycles. The second-order valence-corrected chi connectivity index (χ2v) is 7.42. The summed E-state index contributed by atoms with van der Waals surface area (Å²) in [5.74, 6) is 0.560. The van der Waals surface area contributed by atoms with Crippen LogP contribution in [-0.4, -0.2) is 53.0 Å². The van der Waals surface area contributed by atoms with Crippen LogP contribution < -0.4 is 5.73 Å². The molecule has 3 aromatic rings.